The number of aryl methyl sites for hydroxylation is 2. The number of ether oxygens (including phenoxy) is 1. The number of nitrogens with one attached hydrogen (secondary N) is 2. The molecule has 2 aromatic rings. The summed E-state index contributed by atoms with van der Waals surface area (Å²) >= 11 is 0. The van der Waals surface area contributed by atoms with Crippen LogP contribution in [0, 0.1) is 6.92 Å². The smallest absolute Gasteiger partial charge is 0.119 e. The maximum Gasteiger partial charge on any atom is 0.119 e. The number of hydrogen-bond acceptors (Lipinski definition) is 3. The molecular formula is C16H23N3O. The standard InChI is InChI=1S/C16H23N3O/c1-3-20-16-8-4-6-14(10-16)11-17-9-5-7-15-12-18-19-13(15)2/h4,6,8,10,12,17H,3,5,7,9,11H2,1-2H3,(H,18,19). The van der Waals surface area contributed by atoms with Crippen LogP contribution in [0.15, 0.2) is 30.5 Å². The van der Waals surface area contributed by atoms with Crippen molar-refractivity contribution in [2.75, 3.05) is 13.2 Å². The predicted molar refractivity (Wildman–Crippen MR) is 81.0 cm³/mol. The SMILES string of the molecule is CCOc1cccc(CNCCCc2cn[nH]c2C)c1. The van der Waals surface area contributed by atoms with Crippen LogP contribution in [-0.4, -0.2) is 23.3 Å². The van der Waals surface area contributed by atoms with Crippen molar-refractivity contribution in [3.05, 3.63) is 47.3 Å². The molecule has 0 radical (unpaired) electrons. The van der Waals surface area contributed by atoms with Crippen LogP contribution in [0.25, 0.3) is 0 Å². The number of benzene rings is 1. The first kappa shape index (κ1) is 14.6. The van der Waals surface area contributed by atoms with Crippen molar-refractivity contribution in [3.8, 4) is 5.75 Å². The summed E-state index contributed by atoms with van der Waals surface area (Å²) in [7, 11) is 0. The second kappa shape index (κ2) is 7.70. The van der Waals surface area contributed by atoms with Gasteiger partial charge in [0.15, 0.2) is 0 Å². The highest BCUT2D eigenvalue weighted by atomic mass is 16.5. The van der Waals surface area contributed by atoms with Gasteiger partial charge in [0.05, 0.1) is 12.8 Å². The molecule has 0 spiro atoms. The van der Waals surface area contributed by atoms with E-state index in [9.17, 15) is 0 Å². The van der Waals surface area contributed by atoms with E-state index in [2.05, 4.69) is 34.6 Å². The Bertz CT molecular complexity index is 522. The number of nitrogens with zero attached hydrogens (tertiary/aromatic N) is 1. The van der Waals surface area contributed by atoms with Crippen LogP contribution in [0.4, 0.5) is 0 Å². The molecule has 0 aliphatic rings. The van der Waals surface area contributed by atoms with E-state index in [4.69, 9.17) is 4.74 Å². The van der Waals surface area contributed by atoms with E-state index in [1.807, 2.05) is 25.3 Å². The minimum Gasteiger partial charge on any atom is -0.494 e. The molecule has 0 atom stereocenters. The molecule has 0 amide bonds. The maximum atomic E-state index is 5.50. The van der Waals surface area contributed by atoms with Crippen LogP contribution in [0.1, 0.15) is 30.2 Å². The van der Waals surface area contributed by atoms with Gasteiger partial charge in [-0.2, -0.15) is 5.10 Å². The third kappa shape index (κ3) is 4.38. The Kier molecular flexibility index (Phi) is 5.62. The van der Waals surface area contributed by atoms with Crippen LogP contribution in [0.2, 0.25) is 0 Å². The number of rotatable bonds is 8. The highest BCUT2D eigenvalue weighted by Crippen LogP contribution is 2.13. The molecule has 0 unspecified atom stereocenters. The fraction of sp³-hybridized carbons (Fsp3) is 0.438. The van der Waals surface area contributed by atoms with Crippen LogP contribution in [-0.2, 0) is 13.0 Å². The fourth-order valence-corrected chi connectivity index (χ4v) is 2.18. The van der Waals surface area contributed by atoms with Gasteiger partial charge in [-0.3, -0.25) is 5.10 Å². The molecule has 0 bridgehead atoms. The molecule has 0 saturated heterocycles. The van der Waals surface area contributed by atoms with E-state index >= 15 is 0 Å². The topological polar surface area (TPSA) is 49.9 Å². The molecule has 0 saturated carbocycles. The van der Waals surface area contributed by atoms with Gasteiger partial charge in [0.2, 0.25) is 0 Å². The normalized spacial score (nSPS) is 10.7. The quantitative estimate of drug-likeness (QED) is 0.727. The summed E-state index contributed by atoms with van der Waals surface area (Å²) in [6.07, 6.45) is 4.10. The zero-order valence-electron chi connectivity index (χ0n) is 12.3. The van der Waals surface area contributed by atoms with Gasteiger partial charge < -0.3 is 10.1 Å². The molecule has 0 aliphatic carbocycles. The van der Waals surface area contributed by atoms with Crippen molar-refractivity contribution in [1.29, 1.82) is 0 Å². The zero-order chi connectivity index (χ0) is 14.2. The number of aromatic nitrogens is 2. The Labute approximate surface area is 120 Å². The minimum atomic E-state index is 0.709. The number of H-pyrrole nitrogens is 1. The summed E-state index contributed by atoms with van der Waals surface area (Å²) in [6.45, 7) is 6.66. The van der Waals surface area contributed by atoms with Crippen LogP contribution >= 0.6 is 0 Å². The molecular weight excluding hydrogens is 250 g/mol. The molecule has 1 aromatic carbocycles. The van der Waals surface area contributed by atoms with Crippen LogP contribution in [0.3, 0.4) is 0 Å². The number of aromatic amines is 1. The van der Waals surface area contributed by atoms with Gasteiger partial charge in [-0.25, -0.2) is 0 Å². The average molecular weight is 273 g/mol. The van der Waals surface area contributed by atoms with E-state index in [-0.39, 0.29) is 0 Å². The minimum absolute atomic E-state index is 0.709. The summed E-state index contributed by atoms with van der Waals surface area (Å²) in [5, 5.41) is 10.5. The lowest BCUT2D eigenvalue weighted by Crippen LogP contribution is -2.15. The van der Waals surface area contributed by atoms with E-state index in [0.29, 0.717) is 6.61 Å². The first-order valence-electron chi connectivity index (χ1n) is 7.21. The molecule has 1 heterocycles. The Morgan fingerprint density at radius 1 is 1.35 bits per heavy atom. The first-order chi connectivity index (χ1) is 9.79. The van der Waals surface area contributed by atoms with Crippen LogP contribution < -0.4 is 10.1 Å². The van der Waals surface area contributed by atoms with Crippen LogP contribution in [0.5, 0.6) is 5.75 Å². The molecule has 2 N–H and O–H groups in total. The van der Waals surface area contributed by atoms with E-state index in [1.54, 1.807) is 0 Å². The van der Waals surface area contributed by atoms with Crippen molar-refractivity contribution in [2.24, 2.45) is 0 Å². The molecule has 0 fully saturated rings. The van der Waals surface area contributed by atoms with Gasteiger partial charge >= 0.3 is 0 Å². The van der Waals surface area contributed by atoms with E-state index in [1.165, 1.54) is 16.8 Å². The summed E-state index contributed by atoms with van der Waals surface area (Å²) in [6, 6.07) is 8.25. The first-order valence-corrected chi connectivity index (χ1v) is 7.21. The lowest BCUT2D eigenvalue weighted by Gasteiger charge is -2.07. The summed E-state index contributed by atoms with van der Waals surface area (Å²) in [5.74, 6) is 0.945. The second-order valence-electron chi connectivity index (χ2n) is 4.88. The van der Waals surface area contributed by atoms with Crippen molar-refractivity contribution in [1.82, 2.24) is 15.5 Å². The largest absolute Gasteiger partial charge is 0.494 e. The second-order valence-corrected chi connectivity index (χ2v) is 4.88. The van der Waals surface area contributed by atoms with Gasteiger partial charge in [0.25, 0.3) is 0 Å². The molecule has 20 heavy (non-hydrogen) atoms. The van der Waals surface area contributed by atoms with Gasteiger partial charge in [-0.1, -0.05) is 12.1 Å². The Morgan fingerprint density at radius 2 is 2.25 bits per heavy atom. The molecule has 0 aliphatic heterocycles. The highest BCUT2D eigenvalue weighted by Gasteiger charge is 2.00. The van der Waals surface area contributed by atoms with Crippen molar-refractivity contribution in [3.63, 3.8) is 0 Å². The third-order valence-electron chi connectivity index (χ3n) is 3.27. The Balaban J connectivity index is 1.68. The zero-order valence-corrected chi connectivity index (χ0v) is 12.3. The predicted octanol–water partition coefficient (Wildman–Crippen LogP) is 2.84. The average Bonchev–Trinajstić information content (AvgIpc) is 2.85. The summed E-state index contributed by atoms with van der Waals surface area (Å²) < 4.78 is 5.50. The van der Waals surface area contributed by atoms with Crippen molar-refractivity contribution < 1.29 is 4.74 Å². The van der Waals surface area contributed by atoms with E-state index in [0.717, 1.165) is 31.7 Å². The van der Waals surface area contributed by atoms with Gasteiger partial charge in [-0.05, 0) is 56.5 Å². The summed E-state index contributed by atoms with van der Waals surface area (Å²) in [5.41, 5.74) is 3.75. The molecule has 4 nitrogen and oxygen atoms in total. The molecule has 1 aromatic heterocycles. The molecule has 4 heteroatoms. The Hall–Kier alpha value is -1.81. The fourth-order valence-electron chi connectivity index (χ4n) is 2.18. The molecule has 108 valence electrons. The third-order valence-corrected chi connectivity index (χ3v) is 3.27. The van der Waals surface area contributed by atoms with Crippen molar-refractivity contribution >= 4 is 0 Å². The van der Waals surface area contributed by atoms with E-state index < -0.39 is 0 Å². The van der Waals surface area contributed by atoms with Gasteiger partial charge in [0, 0.05) is 12.2 Å². The monoisotopic (exact) mass is 273 g/mol. The lowest BCUT2D eigenvalue weighted by atomic mass is 10.1. The van der Waals surface area contributed by atoms with Crippen molar-refractivity contribution in [2.45, 2.75) is 33.2 Å². The maximum absolute atomic E-state index is 5.50. The highest BCUT2D eigenvalue weighted by molar-refractivity contribution is 5.28. The molecule has 2 rings (SSSR count). The summed E-state index contributed by atoms with van der Waals surface area (Å²) in [4.78, 5) is 0. The number of hydrogen-bond donors (Lipinski definition) is 2. The lowest BCUT2D eigenvalue weighted by molar-refractivity contribution is 0.340. The van der Waals surface area contributed by atoms with Gasteiger partial charge in [0.1, 0.15) is 5.75 Å². The Morgan fingerprint density at radius 3 is 3.00 bits per heavy atom. The van der Waals surface area contributed by atoms with Gasteiger partial charge in [-0.15, -0.1) is 0 Å².